The summed E-state index contributed by atoms with van der Waals surface area (Å²) in [5.74, 6) is 1.36. The summed E-state index contributed by atoms with van der Waals surface area (Å²) in [7, 11) is 0. The molecule has 1 amide bonds. The number of morpholine rings is 1. The zero-order valence-electron chi connectivity index (χ0n) is 14.5. The van der Waals surface area contributed by atoms with Gasteiger partial charge in [-0.05, 0) is 6.07 Å². The molecule has 2 aliphatic heterocycles. The van der Waals surface area contributed by atoms with Crippen molar-refractivity contribution in [3.05, 3.63) is 36.4 Å². The number of carbonyl (C=O) groups excluding carboxylic acids is 1. The number of hydrogen-bond donors (Lipinski definition) is 0. The summed E-state index contributed by atoms with van der Waals surface area (Å²) >= 11 is 0. The van der Waals surface area contributed by atoms with E-state index >= 15 is 0 Å². The summed E-state index contributed by atoms with van der Waals surface area (Å²) in [6.07, 6.45) is 6.74. The highest BCUT2D eigenvalue weighted by Gasteiger charge is 2.22. The van der Waals surface area contributed by atoms with Crippen LogP contribution in [0.5, 0.6) is 0 Å². The molecule has 0 atom stereocenters. The van der Waals surface area contributed by atoms with Crippen molar-refractivity contribution < 1.29 is 9.53 Å². The first-order valence-corrected chi connectivity index (χ1v) is 8.77. The Morgan fingerprint density at radius 3 is 1.92 bits per heavy atom. The maximum absolute atomic E-state index is 12.4. The fourth-order valence-electron chi connectivity index (χ4n) is 3.10. The van der Waals surface area contributed by atoms with Gasteiger partial charge in [0.15, 0.2) is 0 Å². The number of nitrogens with zero attached hydrogens (tertiary/aromatic N) is 7. The highest BCUT2D eigenvalue weighted by Crippen LogP contribution is 2.15. The Hall–Kier alpha value is -2.81. The van der Waals surface area contributed by atoms with Gasteiger partial charge in [0.25, 0.3) is 5.91 Å². The van der Waals surface area contributed by atoms with Crippen LogP contribution in [0.1, 0.15) is 10.4 Å². The Kier molecular flexibility index (Phi) is 4.87. The van der Waals surface area contributed by atoms with Crippen molar-refractivity contribution in [2.75, 3.05) is 62.3 Å². The molecule has 26 heavy (non-hydrogen) atoms. The van der Waals surface area contributed by atoms with Crippen LogP contribution in [0.2, 0.25) is 0 Å². The summed E-state index contributed by atoms with van der Waals surface area (Å²) in [5.41, 5.74) is 0.520. The molecule has 2 aromatic rings. The lowest BCUT2D eigenvalue weighted by atomic mass is 10.2. The Morgan fingerprint density at radius 2 is 1.35 bits per heavy atom. The van der Waals surface area contributed by atoms with Crippen molar-refractivity contribution in [3.8, 4) is 0 Å². The van der Waals surface area contributed by atoms with Gasteiger partial charge in [0.2, 0.25) is 11.9 Å². The van der Waals surface area contributed by atoms with Crippen molar-refractivity contribution >= 4 is 17.8 Å². The first-order valence-electron chi connectivity index (χ1n) is 8.77. The summed E-state index contributed by atoms with van der Waals surface area (Å²) in [5, 5.41) is 0. The van der Waals surface area contributed by atoms with Gasteiger partial charge in [0.1, 0.15) is 0 Å². The fraction of sp³-hybridized carbons (Fsp3) is 0.471. The minimum atomic E-state index is -0.0362. The quantitative estimate of drug-likeness (QED) is 0.764. The van der Waals surface area contributed by atoms with Gasteiger partial charge in [0.05, 0.1) is 18.8 Å². The van der Waals surface area contributed by atoms with E-state index in [1.54, 1.807) is 29.7 Å². The number of piperazine rings is 1. The SMILES string of the molecule is O=C(c1cnc(N2CCN(c3ncccn3)CC2)nc1)N1CCOCC1. The largest absolute Gasteiger partial charge is 0.378 e. The van der Waals surface area contributed by atoms with E-state index in [1.165, 1.54) is 0 Å². The molecule has 9 heteroatoms. The van der Waals surface area contributed by atoms with Crippen LogP contribution in [0.25, 0.3) is 0 Å². The molecule has 0 aliphatic carbocycles. The number of rotatable bonds is 3. The topological polar surface area (TPSA) is 87.6 Å². The lowest BCUT2D eigenvalue weighted by molar-refractivity contribution is 0.0302. The van der Waals surface area contributed by atoms with Gasteiger partial charge < -0.3 is 19.4 Å². The van der Waals surface area contributed by atoms with Crippen molar-refractivity contribution in [1.82, 2.24) is 24.8 Å². The third-order valence-corrected chi connectivity index (χ3v) is 4.58. The van der Waals surface area contributed by atoms with E-state index in [2.05, 4.69) is 29.7 Å². The Bertz CT molecular complexity index is 727. The van der Waals surface area contributed by atoms with Crippen molar-refractivity contribution in [3.63, 3.8) is 0 Å². The highest BCUT2D eigenvalue weighted by atomic mass is 16.5. The standard InChI is InChI=1S/C17H21N7O2/c25-15(22-8-10-26-11-9-22)14-12-20-17(21-13-14)24-6-4-23(5-7-24)16-18-2-1-3-19-16/h1-3,12-13H,4-11H2. The van der Waals surface area contributed by atoms with Crippen molar-refractivity contribution in [1.29, 1.82) is 0 Å². The van der Waals surface area contributed by atoms with Gasteiger partial charge in [-0.1, -0.05) is 0 Å². The van der Waals surface area contributed by atoms with Crippen LogP contribution in [0, 0.1) is 0 Å². The van der Waals surface area contributed by atoms with Crippen LogP contribution >= 0.6 is 0 Å². The van der Waals surface area contributed by atoms with Crippen molar-refractivity contribution in [2.24, 2.45) is 0 Å². The fourth-order valence-corrected chi connectivity index (χ4v) is 3.10. The molecule has 2 fully saturated rings. The first-order chi connectivity index (χ1) is 12.8. The van der Waals surface area contributed by atoms with Crippen LogP contribution in [0.15, 0.2) is 30.9 Å². The molecule has 9 nitrogen and oxygen atoms in total. The Morgan fingerprint density at radius 1 is 0.808 bits per heavy atom. The third-order valence-electron chi connectivity index (χ3n) is 4.58. The summed E-state index contributed by atoms with van der Waals surface area (Å²) in [4.78, 5) is 35.9. The van der Waals surface area contributed by atoms with Gasteiger partial charge in [-0.2, -0.15) is 0 Å². The molecule has 0 radical (unpaired) electrons. The minimum absolute atomic E-state index is 0.0362. The van der Waals surface area contributed by atoms with Gasteiger partial charge in [-0.3, -0.25) is 4.79 Å². The molecular weight excluding hydrogens is 334 g/mol. The number of amides is 1. The molecule has 0 bridgehead atoms. The Balaban J connectivity index is 1.36. The summed E-state index contributed by atoms with van der Waals surface area (Å²) < 4.78 is 5.28. The lowest BCUT2D eigenvalue weighted by Crippen LogP contribution is -2.47. The van der Waals surface area contributed by atoms with Gasteiger partial charge in [-0.25, -0.2) is 19.9 Å². The van der Waals surface area contributed by atoms with Gasteiger partial charge >= 0.3 is 0 Å². The average molecular weight is 355 g/mol. The van der Waals surface area contributed by atoms with Crippen LogP contribution in [-0.4, -0.2) is 83.2 Å². The van der Waals surface area contributed by atoms with Gasteiger partial charge in [-0.15, -0.1) is 0 Å². The van der Waals surface area contributed by atoms with E-state index in [-0.39, 0.29) is 5.91 Å². The summed E-state index contributed by atoms with van der Waals surface area (Å²) in [6, 6.07) is 1.81. The maximum atomic E-state index is 12.4. The molecule has 2 saturated heterocycles. The maximum Gasteiger partial charge on any atom is 0.257 e. The minimum Gasteiger partial charge on any atom is -0.378 e. The smallest absolute Gasteiger partial charge is 0.257 e. The molecule has 0 unspecified atom stereocenters. The van der Waals surface area contributed by atoms with Crippen molar-refractivity contribution in [2.45, 2.75) is 0 Å². The van der Waals surface area contributed by atoms with Crippen LogP contribution < -0.4 is 9.80 Å². The van der Waals surface area contributed by atoms with E-state index in [1.807, 2.05) is 6.07 Å². The molecule has 0 spiro atoms. The molecule has 0 aromatic carbocycles. The third kappa shape index (κ3) is 3.57. The van der Waals surface area contributed by atoms with Crippen LogP contribution in [0.4, 0.5) is 11.9 Å². The van der Waals surface area contributed by atoms with Crippen LogP contribution in [0.3, 0.4) is 0 Å². The normalized spacial score (nSPS) is 18.1. The second kappa shape index (κ2) is 7.61. The predicted molar refractivity (Wildman–Crippen MR) is 95.2 cm³/mol. The second-order valence-electron chi connectivity index (χ2n) is 6.20. The number of anilines is 2. The number of carbonyl (C=O) groups is 1. The molecule has 0 N–H and O–H groups in total. The summed E-state index contributed by atoms with van der Waals surface area (Å²) in [6.45, 7) is 5.59. The molecule has 4 rings (SSSR count). The molecule has 0 saturated carbocycles. The van der Waals surface area contributed by atoms with E-state index in [4.69, 9.17) is 4.74 Å². The zero-order chi connectivity index (χ0) is 17.8. The first kappa shape index (κ1) is 16.6. The number of aromatic nitrogens is 4. The molecule has 2 aromatic heterocycles. The monoisotopic (exact) mass is 355 g/mol. The molecule has 2 aliphatic rings. The number of ether oxygens (including phenoxy) is 1. The molecular formula is C17H21N7O2. The average Bonchev–Trinajstić information content (AvgIpc) is 2.75. The zero-order valence-corrected chi connectivity index (χ0v) is 14.5. The molecule has 4 heterocycles. The number of hydrogen-bond acceptors (Lipinski definition) is 8. The lowest BCUT2D eigenvalue weighted by Gasteiger charge is -2.34. The van der Waals surface area contributed by atoms with Gasteiger partial charge in [0, 0.05) is 64.1 Å². The van der Waals surface area contributed by atoms with E-state index in [0.717, 1.165) is 32.1 Å². The molecule has 136 valence electrons. The van der Waals surface area contributed by atoms with E-state index in [0.29, 0.717) is 37.8 Å². The second-order valence-corrected chi connectivity index (χ2v) is 6.20. The predicted octanol–water partition coefficient (Wildman–Crippen LogP) is 0.0656. The van der Waals surface area contributed by atoms with E-state index in [9.17, 15) is 4.79 Å². The van der Waals surface area contributed by atoms with Crippen LogP contribution in [-0.2, 0) is 4.74 Å². The highest BCUT2D eigenvalue weighted by molar-refractivity contribution is 5.93. The Labute approximate surface area is 151 Å². The van der Waals surface area contributed by atoms with E-state index < -0.39 is 0 Å².